The van der Waals surface area contributed by atoms with E-state index in [2.05, 4.69) is 28.8 Å². The van der Waals surface area contributed by atoms with Gasteiger partial charge in [-0.25, -0.2) is 4.39 Å². The maximum atomic E-state index is 13.2. The highest BCUT2D eigenvalue weighted by Crippen LogP contribution is 2.31. The maximum absolute atomic E-state index is 13.2. The summed E-state index contributed by atoms with van der Waals surface area (Å²) in [5, 5.41) is 7.07. The highest BCUT2D eigenvalue weighted by atomic mass is 19.1. The lowest BCUT2D eigenvalue weighted by Crippen LogP contribution is -2.33. The van der Waals surface area contributed by atoms with E-state index < -0.39 is 0 Å². The van der Waals surface area contributed by atoms with Crippen LogP contribution in [0, 0.1) is 11.7 Å². The van der Waals surface area contributed by atoms with Crippen molar-refractivity contribution >= 4 is 0 Å². The van der Waals surface area contributed by atoms with E-state index in [-0.39, 0.29) is 5.82 Å². The highest BCUT2D eigenvalue weighted by molar-refractivity contribution is 5.67. The van der Waals surface area contributed by atoms with E-state index in [9.17, 15) is 4.39 Å². The summed E-state index contributed by atoms with van der Waals surface area (Å²) >= 11 is 0. The van der Waals surface area contributed by atoms with E-state index in [1.54, 1.807) is 12.1 Å². The lowest BCUT2D eigenvalue weighted by Gasteiger charge is -2.23. The van der Waals surface area contributed by atoms with Gasteiger partial charge in [0.15, 0.2) is 0 Å². The van der Waals surface area contributed by atoms with Crippen molar-refractivity contribution in [1.82, 2.24) is 10.6 Å². The molecule has 1 aliphatic rings. The van der Waals surface area contributed by atoms with Crippen molar-refractivity contribution in [3.63, 3.8) is 0 Å². The van der Waals surface area contributed by atoms with Gasteiger partial charge in [-0.05, 0) is 111 Å². The lowest BCUT2D eigenvalue weighted by molar-refractivity contribution is 0.308. The van der Waals surface area contributed by atoms with Crippen LogP contribution < -0.4 is 25.8 Å². The van der Waals surface area contributed by atoms with Crippen molar-refractivity contribution in [2.45, 2.75) is 25.8 Å². The molecule has 6 heteroatoms. The molecule has 0 unspecified atom stereocenters. The molecule has 0 radical (unpaired) electrons. The molecule has 1 aliphatic heterocycles. The third kappa shape index (κ3) is 7.03. The summed E-state index contributed by atoms with van der Waals surface area (Å²) in [6, 6.07) is 20.3. The monoisotopic (exact) mass is 463 g/mol. The average Bonchev–Trinajstić information content (AvgIpc) is 2.87. The number of halogens is 1. The zero-order valence-corrected chi connectivity index (χ0v) is 19.6. The maximum Gasteiger partial charge on any atom is 0.128 e. The van der Waals surface area contributed by atoms with Gasteiger partial charge in [0, 0.05) is 12.1 Å². The molecule has 3 aromatic carbocycles. The Labute approximate surface area is 201 Å². The number of rotatable bonds is 11. The third-order valence-corrected chi connectivity index (χ3v) is 6.09. The molecule has 0 spiro atoms. The molecule has 3 aromatic rings. The Bertz CT molecular complexity index is 1040. The molecule has 0 aromatic heterocycles. The molecular formula is C28H34FN3O2. The molecule has 1 heterocycles. The van der Waals surface area contributed by atoms with E-state index in [1.807, 2.05) is 24.3 Å². The summed E-state index contributed by atoms with van der Waals surface area (Å²) < 4.78 is 25.2. The smallest absolute Gasteiger partial charge is 0.128 e. The predicted octanol–water partition coefficient (Wildman–Crippen LogP) is 5.10. The first-order chi connectivity index (χ1) is 16.7. The zero-order chi connectivity index (χ0) is 23.6. The van der Waals surface area contributed by atoms with E-state index in [4.69, 9.17) is 15.2 Å². The van der Waals surface area contributed by atoms with Crippen molar-refractivity contribution in [3.8, 4) is 28.4 Å². The minimum absolute atomic E-state index is 0.281. The van der Waals surface area contributed by atoms with E-state index >= 15 is 0 Å². The summed E-state index contributed by atoms with van der Waals surface area (Å²) in [5.41, 5.74) is 8.92. The number of hydrogen-bond donors (Lipinski definition) is 3. The Morgan fingerprint density at radius 1 is 0.941 bits per heavy atom. The normalized spacial score (nSPS) is 14.2. The molecule has 5 nitrogen and oxygen atoms in total. The molecule has 4 rings (SSSR count). The van der Waals surface area contributed by atoms with Crippen LogP contribution in [0.5, 0.6) is 17.2 Å². The molecule has 0 bridgehead atoms. The topological polar surface area (TPSA) is 68.5 Å². The van der Waals surface area contributed by atoms with Crippen LogP contribution in [-0.2, 0) is 6.54 Å². The fourth-order valence-electron chi connectivity index (χ4n) is 4.18. The second-order valence-corrected chi connectivity index (χ2v) is 8.72. The quantitative estimate of drug-likeness (QED) is 0.345. The molecule has 1 saturated heterocycles. The zero-order valence-electron chi connectivity index (χ0n) is 19.6. The Balaban J connectivity index is 1.49. The van der Waals surface area contributed by atoms with E-state index in [0.717, 1.165) is 55.0 Å². The van der Waals surface area contributed by atoms with Crippen molar-refractivity contribution in [1.29, 1.82) is 0 Å². The third-order valence-electron chi connectivity index (χ3n) is 6.09. The minimum atomic E-state index is -0.281. The van der Waals surface area contributed by atoms with Gasteiger partial charge in [0.05, 0.1) is 6.61 Å². The fourth-order valence-corrected chi connectivity index (χ4v) is 4.18. The molecule has 34 heavy (non-hydrogen) atoms. The van der Waals surface area contributed by atoms with Crippen LogP contribution in [0.15, 0.2) is 66.7 Å². The van der Waals surface area contributed by atoms with Gasteiger partial charge in [-0.2, -0.15) is 0 Å². The lowest BCUT2D eigenvalue weighted by atomic mass is 9.98. The molecule has 0 saturated carbocycles. The SMILES string of the molecule is NCCCOc1ccc(-c2cccc(Oc3ccc(F)cc3)c2)cc1CNCC1CCNCC1. The largest absolute Gasteiger partial charge is 0.493 e. The number of piperidine rings is 1. The predicted molar refractivity (Wildman–Crippen MR) is 135 cm³/mol. The van der Waals surface area contributed by atoms with Crippen LogP contribution in [0.25, 0.3) is 11.1 Å². The van der Waals surface area contributed by atoms with Crippen LogP contribution in [0.3, 0.4) is 0 Å². The van der Waals surface area contributed by atoms with Gasteiger partial charge < -0.3 is 25.8 Å². The average molecular weight is 464 g/mol. The molecule has 0 amide bonds. The van der Waals surface area contributed by atoms with E-state index in [1.165, 1.54) is 25.0 Å². The second kappa shape index (κ2) is 12.5. The standard InChI is InChI=1S/C28H34FN3O2/c29-25-6-8-26(9-7-25)34-27-4-1-3-22(18-27)23-5-10-28(33-16-2-13-30)24(17-23)20-32-19-21-11-14-31-15-12-21/h1,3-10,17-18,21,31-32H,2,11-16,19-20,30H2. The molecule has 180 valence electrons. The van der Waals surface area contributed by atoms with Crippen molar-refractivity contribution in [3.05, 3.63) is 78.1 Å². The van der Waals surface area contributed by atoms with Crippen LogP contribution in [-0.4, -0.2) is 32.8 Å². The Hall–Kier alpha value is -2.93. The fraction of sp³-hybridized carbons (Fsp3) is 0.357. The van der Waals surface area contributed by atoms with Crippen molar-refractivity contribution < 1.29 is 13.9 Å². The molecular weight excluding hydrogens is 429 g/mol. The van der Waals surface area contributed by atoms with Crippen molar-refractivity contribution in [2.24, 2.45) is 11.7 Å². The Morgan fingerprint density at radius 2 is 1.74 bits per heavy atom. The van der Waals surface area contributed by atoms with Crippen LogP contribution >= 0.6 is 0 Å². The van der Waals surface area contributed by atoms with E-state index in [0.29, 0.717) is 30.6 Å². The summed E-state index contributed by atoms with van der Waals surface area (Å²) in [5.74, 6) is 2.64. The van der Waals surface area contributed by atoms with Gasteiger partial charge in [0.25, 0.3) is 0 Å². The minimum Gasteiger partial charge on any atom is -0.493 e. The van der Waals surface area contributed by atoms with Gasteiger partial charge in [-0.1, -0.05) is 18.2 Å². The summed E-state index contributed by atoms with van der Waals surface area (Å²) in [6.07, 6.45) is 3.26. The van der Waals surface area contributed by atoms with Gasteiger partial charge >= 0.3 is 0 Å². The molecule has 1 fully saturated rings. The Kier molecular flexibility index (Phi) is 8.90. The first-order valence-electron chi connectivity index (χ1n) is 12.1. The molecule has 0 atom stereocenters. The number of hydrogen-bond acceptors (Lipinski definition) is 5. The van der Waals surface area contributed by atoms with Gasteiger partial charge in [0.2, 0.25) is 0 Å². The Morgan fingerprint density at radius 3 is 2.53 bits per heavy atom. The first-order valence-corrected chi connectivity index (χ1v) is 12.1. The van der Waals surface area contributed by atoms with Crippen LogP contribution in [0.4, 0.5) is 4.39 Å². The van der Waals surface area contributed by atoms with Crippen molar-refractivity contribution in [2.75, 3.05) is 32.8 Å². The van der Waals surface area contributed by atoms with Crippen LogP contribution in [0.1, 0.15) is 24.8 Å². The van der Waals surface area contributed by atoms with Crippen LogP contribution in [0.2, 0.25) is 0 Å². The first kappa shape index (κ1) is 24.2. The summed E-state index contributed by atoms with van der Waals surface area (Å²) in [7, 11) is 0. The summed E-state index contributed by atoms with van der Waals surface area (Å²) in [4.78, 5) is 0. The van der Waals surface area contributed by atoms with Gasteiger partial charge in [-0.15, -0.1) is 0 Å². The molecule has 4 N–H and O–H groups in total. The van der Waals surface area contributed by atoms with Gasteiger partial charge in [0.1, 0.15) is 23.1 Å². The second-order valence-electron chi connectivity index (χ2n) is 8.72. The van der Waals surface area contributed by atoms with Gasteiger partial charge in [-0.3, -0.25) is 0 Å². The number of ether oxygens (including phenoxy) is 2. The summed E-state index contributed by atoms with van der Waals surface area (Å²) in [6.45, 7) is 5.19. The molecule has 0 aliphatic carbocycles. The number of nitrogens with two attached hydrogens (primary N) is 1. The number of nitrogens with one attached hydrogen (secondary N) is 2. The number of benzene rings is 3. The highest BCUT2D eigenvalue weighted by Gasteiger charge is 2.13.